The Labute approximate surface area is 180 Å². The predicted molar refractivity (Wildman–Crippen MR) is 116 cm³/mol. The van der Waals surface area contributed by atoms with Crippen LogP contribution < -0.4 is 10.6 Å². The molecule has 2 aromatic heterocycles. The largest absolute Gasteiger partial charge is 0.333 e. The molecule has 0 saturated heterocycles. The molecule has 0 unspecified atom stereocenters. The van der Waals surface area contributed by atoms with Crippen molar-refractivity contribution < 1.29 is 9.85 Å². The third-order valence-electron chi connectivity index (χ3n) is 4.40. The Hall–Kier alpha value is -5.00. The monoisotopic (exact) mass is 430 g/mol. The van der Waals surface area contributed by atoms with Gasteiger partial charge in [-0.25, -0.2) is 9.97 Å². The van der Waals surface area contributed by atoms with E-state index in [1.807, 2.05) is 0 Å². The molecule has 0 radical (unpaired) electrons. The number of nitrogens with zero attached hydrogens (tertiary/aromatic N) is 6. The number of aromatic nitrogens is 4. The summed E-state index contributed by atoms with van der Waals surface area (Å²) in [4.78, 5) is 38.5. The highest BCUT2D eigenvalue weighted by Crippen LogP contribution is 2.43. The van der Waals surface area contributed by atoms with Gasteiger partial charge in [0.1, 0.15) is 23.0 Å². The van der Waals surface area contributed by atoms with Gasteiger partial charge in [0.15, 0.2) is 0 Å². The fraction of sp³-hybridized carbons (Fsp3) is 0. The molecule has 12 heteroatoms. The fourth-order valence-corrected chi connectivity index (χ4v) is 3.08. The second kappa shape index (κ2) is 8.79. The average Bonchev–Trinajstić information content (AvgIpc) is 2.80. The number of nitro benzene ring substituents is 2. The molecule has 0 aliphatic heterocycles. The van der Waals surface area contributed by atoms with E-state index in [0.717, 1.165) is 0 Å². The molecule has 0 aliphatic carbocycles. The van der Waals surface area contributed by atoms with E-state index in [1.165, 1.54) is 61.4 Å². The van der Waals surface area contributed by atoms with Gasteiger partial charge in [0.05, 0.1) is 22.2 Å². The number of hydrogen-bond donors (Lipinski definition) is 2. The van der Waals surface area contributed by atoms with Crippen LogP contribution in [0.1, 0.15) is 0 Å². The van der Waals surface area contributed by atoms with Gasteiger partial charge in [0.2, 0.25) is 0 Å². The first-order chi connectivity index (χ1) is 15.5. The number of anilines is 4. The lowest BCUT2D eigenvalue weighted by molar-refractivity contribution is -0.384. The molecule has 0 atom stereocenters. The molecule has 0 bridgehead atoms. The highest BCUT2D eigenvalue weighted by atomic mass is 16.6. The second-order valence-electron chi connectivity index (χ2n) is 6.34. The number of nitrogens with one attached hydrogen (secondary N) is 2. The molecule has 2 N–H and O–H groups in total. The summed E-state index contributed by atoms with van der Waals surface area (Å²) in [7, 11) is 0. The third-order valence-corrected chi connectivity index (χ3v) is 4.40. The van der Waals surface area contributed by atoms with Crippen molar-refractivity contribution in [1.82, 2.24) is 19.9 Å². The SMILES string of the molecule is O=[N+]([O-])c1cccc(-c2cccc([N+](=O)[O-])c2Nc2cnccn2)c1Nc1cnccn1. The first-order valence-electron chi connectivity index (χ1n) is 9.16. The number of nitro groups is 2. The first kappa shape index (κ1) is 20.3. The molecular weight excluding hydrogens is 416 g/mol. The minimum atomic E-state index is -0.546. The van der Waals surface area contributed by atoms with Crippen molar-refractivity contribution in [2.75, 3.05) is 10.6 Å². The van der Waals surface area contributed by atoms with Crippen molar-refractivity contribution in [3.05, 3.63) is 93.8 Å². The zero-order valence-electron chi connectivity index (χ0n) is 16.2. The van der Waals surface area contributed by atoms with Crippen LogP contribution in [0.25, 0.3) is 11.1 Å². The number of hydrogen-bond acceptors (Lipinski definition) is 10. The van der Waals surface area contributed by atoms with E-state index in [1.54, 1.807) is 12.1 Å². The lowest BCUT2D eigenvalue weighted by Crippen LogP contribution is -2.04. The van der Waals surface area contributed by atoms with Crippen LogP contribution in [0, 0.1) is 20.2 Å². The summed E-state index contributed by atoms with van der Waals surface area (Å²) >= 11 is 0. The maximum absolute atomic E-state index is 11.7. The minimum Gasteiger partial charge on any atom is -0.333 e. The van der Waals surface area contributed by atoms with Gasteiger partial charge < -0.3 is 10.6 Å². The number of rotatable bonds is 7. The maximum Gasteiger partial charge on any atom is 0.293 e. The molecule has 4 rings (SSSR count). The van der Waals surface area contributed by atoms with Crippen LogP contribution in [0.5, 0.6) is 0 Å². The van der Waals surface area contributed by atoms with Gasteiger partial charge in [0.25, 0.3) is 11.4 Å². The van der Waals surface area contributed by atoms with E-state index in [9.17, 15) is 20.2 Å². The van der Waals surface area contributed by atoms with E-state index in [-0.39, 0.29) is 34.4 Å². The Morgan fingerprint density at radius 2 is 1.09 bits per heavy atom. The zero-order valence-corrected chi connectivity index (χ0v) is 16.2. The van der Waals surface area contributed by atoms with Crippen molar-refractivity contribution in [2.24, 2.45) is 0 Å². The van der Waals surface area contributed by atoms with Crippen LogP contribution >= 0.6 is 0 Å². The van der Waals surface area contributed by atoms with Crippen LogP contribution in [-0.2, 0) is 0 Å². The van der Waals surface area contributed by atoms with E-state index in [4.69, 9.17) is 0 Å². The molecule has 0 amide bonds. The highest BCUT2D eigenvalue weighted by molar-refractivity contribution is 5.95. The molecule has 0 aliphatic rings. The Morgan fingerprint density at radius 3 is 1.44 bits per heavy atom. The molecule has 2 aromatic carbocycles. The van der Waals surface area contributed by atoms with Gasteiger partial charge in [-0.05, 0) is 0 Å². The van der Waals surface area contributed by atoms with Gasteiger partial charge in [-0.3, -0.25) is 30.2 Å². The van der Waals surface area contributed by atoms with Crippen LogP contribution in [0.2, 0.25) is 0 Å². The summed E-state index contributed by atoms with van der Waals surface area (Å²) in [5.41, 5.74) is 0.455. The maximum atomic E-state index is 11.7. The quantitative estimate of drug-likeness (QED) is 0.320. The highest BCUT2D eigenvalue weighted by Gasteiger charge is 2.25. The molecule has 32 heavy (non-hydrogen) atoms. The second-order valence-corrected chi connectivity index (χ2v) is 6.34. The average molecular weight is 430 g/mol. The van der Waals surface area contributed by atoms with Gasteiger partial charge in [0, 0.05) is 48.0 Å². The normalized spacial score (nSPS) is 10.4. The molecular formula is C20H14N8O4. The van der Waals surface area contributed by atoms with Crippen LogP contribution in [0.3, 0.4) is 0 Å². The van der Waals surface area contributed by atoms with Crippen molar-refractivity contribution in [3.8, 4) is 11.1 Å². The van der Waals surface area contributed by atoms with Gasteiger partial charge in [-0.2, -0.15) is 0 Å². The van der Waals surface area contributed by atoms with E-state index in [2.05, 4.69) is 30.6 Å². The topological polar surface area (TPSA) is 162 Å². The summed E-state index contributed by atoms with van der Waals surface area (Å²) in [5, 5.41) is 29.3. The van der Waals surface area contributed by atoms with E-state index >= 15 is 0 Å². The zero-order chi connectivity index (χ0) is 22.5. The van der Waals surface area contributed by atoms with E-state index < -0.39 is 9.85 Å². The smallest absolute Gasteiger partial charge is 0.293 e. The van der Waals surface area contributed by atoms with Crippen LogP contribution in [-0.4, -0.2) is 29.8 Å². The lowest BCUT2D eigenvalue weighted by atomic mass is 9.99. The molecule has 158 valence electrons. The predicted octanol–water partition coefficient (Wildman–Crippen LogP) is 4.24. The van der Waals surface area contributed by atoms with Gasteiger partial charge in [-0.15, -0.1) is 0 Å². The fourth-order valence-electron chi connectivity index (χ4n) is 3.08. The summed E-state index contributed by atoms with van der Waals surface area (Å²) in [6, 6.07) is 8.89. The molecule has 12 nitrogen and oxygen atoms in total. The van der Waals surface area contributed by atoms with Crippen LogP contribution in [0.4, 0.5) is 34.4 Å². The summed E-state index contributed by atoms with van der Waals surface area (Å²) < 4.78 is 0. The first-order valence-corrected chi connectivity index (χ1v) is 9.16. The number of para-hydroxylation sites is 2. The van der Waals surface area contributed by atoms with Gasteiger partial charge >= 0.3 is 0 Å². The molecule has 0 saturated carbocycles. The lowest BCUT2D eigenvalue weighted by Gasteiger charge is -2.16. The van der Waals surface area contributed by atoms with Crippen LogP contribution in [0.15, 0.2) is 73.6 Å². The third kappa shape index (κ3) is 4.14. The van der Waals surface area contributed by atoms with Crippen molar-refractivity contribution in [3.63, 3.8) is 0 Å². The molecule has 0 fully saturated rings. The summed E-state index contributed by atoms with van der Waals surface area (Å²) in [6.45, 7) is 0. The Kier molecular flexibility index (Phi) is 5.57. The Balaban J connectivity index is 1.93. The Bertz CT molecular complexity index is 1180. The summed E-state index contributed by atoms with van der Waals surface area (Å²) in [5.74, 6) is 0.550. The standard InChI is InChI=1S/C20H14N8O4/c29-27(30)15-5-1-3-13(19(15)25-17-11-21-7-9-23-17)14-4-2-6-16(28(31)32)20(14)26-18-12-22-8-10-24-18/h1-12H,(H,23,25)(H,24,26). The van der Waals surface area contributed by atoms with Crippen molar-refractivity contribution >= 4 is 34.4 Å². The van der Waals surface area contributed by atoms with Crippen molar-refractivity contribution in [2.45, 2.75) is 0 Å². The number of benzene rings is 2. The molecule has 0 spiro atoms. The molecule has 4 aromatic rings. The van der Waals surface area contributed by atoms with Crippen molar-refractivity contribution in [1.29, 1.82) is 0 Å². The van der Waals surface area contributed by atoms with E-state index in [0.29, 0.717) is 11.1 Å². The Morgan fingerprint density at radius 1 is 0.656 bits per heavy atom. The minimum absolute atomic E-state index is 0.112. The van der Waals surface area contributed by atoms with Gasteiger partial charge in [-0.1, -0.05) is 24.3 Å². The molecule has 2 heterocycles. The summed E-state index contributed by atoms with van der Waals surface area (Å²) in [6.07, 6.45) is 8.62.